The van der Waals surface area contributed by atoms with Crippen LogP contribution in [0.3, 0.4) is 0 Å². The summed E-state index contributed by atoms with van der Waals surface area (Å²) in [5, 5.41) is 2.13. The number of carbonyl (C=O) groups excluding carboxylic acids is 3. The Morgan fingerprint density at radius 1 is 1.39 bits per heavy atom. The normalized spacial score (nSPS) is 15.5. The molecule has 0 spiro atoms. The highest BCUT2D eigenvalue weighted by Gasteiger charge is 2.27. The lowest BCUT2D eigenvalue weighted by Crippen LogP contribution is -2.53. The first kappa shape index (κ1) is 12.2. The van der Waals surface area contributed by atoms with Crippen LogP contribution in [0.25, 0.3) is 0 Å². The molecule has 0 atom stereocenters. The van der Waals surface area contributed by atoms with Gasteiger partial charge < -0.3 is 10.6 Å². The maximum absolute atomic E-state index is 12.1. The van der Waals surface area contributed by atoms with Crippen LogP contribution in [0, 0.1) is 0 Å². The zero-order valence-corrected chi connectivity index (χ0v) is 9.55. The molecule has 1 aromatic rings. The molecule has 1 aliphatic rings. The van der Waals surface area contributed by atoms with E-state index in [-0.39, 0.29) is 25.5 Å². The van der Waals surface area contributed by atoms with Gasteiger partial charge in [0.05, 0.1) is 5.69 Å². The molecule has 1 aromatic heterocycles. The number of aromatic nitrogens is 1. The average Bonchev–Trinajstić information content (AvgIpc) is 2.37. The molecule has 1 saturated heterocycles. The summed E-state index contributed by atoms with van der Waals surface area (Å²) < 4.78 is 0. The molecule has 1 aliphatic heterocycles. The SMILES string of the molecule is NCc1cc(C(=O)N2CC(=O)NC(=O)C2)ccn1. The summed E-state index contributed by atoms with van der Waals surface area (Å²) in [7, 11) is 0. The third-order valence-electron chi connectivity index (χ3n) is 2.51. The van der Waals surface area contributed by atoms with Crippen LogP contribution in [0.1, 0.15) is 16.1 Å². The minimum absolute atomic E-state index is 0.120. The summed E-state index contributed by atoms with van der Waals surface area (Å²) in [6.45, 7) is -0.0176. The number of piperazine rings is 1. The second-order valence-electron chi connectivity index (χ2n) is 3.87. The minimum Gasteiger partial charge on any atom is -0.325 e. The Morgan fingerprint density at radius 3 is 2.67 bits per heavy atom. The van der Waals surface area contributed by atoms with Crippen LogP contribution in [0.5, 0.6) is 0 Å². The topological polar surface area (TPSA) is 105 Å². The van der Waals surface area contributed by atoms with Gasteiger partial charge in [0, 0.05) is 18.3 Å². The third-order valence-corrected chi connectivity index (χ3v) is 2.51. The number of carbonyl (C=O) groups is 3. The average molecular weight is 248 g/mol. The third kappa shape index (κ3) is 2.51. The molecule has 3 amide bonds. The zero-order valence-electron chi connectivity index (χ0n) is 9.55. The molecule has 0 aromatic carbocycles. The van der Waals surface area contributed by atoms with Crippen molar-refractivity contribution in [2.24, 2.45) is 5.73 Å². The van der Waals surface area contributed by atoms with Gasteiger partial charge in [0.2, 0.25) is 11.8 Å². The number of rotatable bonds is 2. The lowest BCUT2D eigenvalue weighted by atomic mass is 10.2. The van der Waals surface area contributed by atoms with Crippen molar-refractivity contribution in [2.75, 3.05) is 13.1 Å². The molecule has 0 unspecified atom stereocenters. The number of pyridine rings is 1. The van der Waals surface area contributed by atoms with Gasteiger partial charge in [0.15, 0.2) is 0 Å². The second kappa shape index (κ2) is 4.92. The summed E-state index contributed by atoms with van der Waals surface area (Å²) in [6, 6.07) is 3.08. The number of nitrogens with two attached hydrogens (primary N) is 1. The van der Waals surface area contributed by atoms with E-state index in [1.54, 1.807) is 6.07 Å². The van der Waals surface area contributed by atoms with Crippen LogP contribution < -0.4 is 11.1 Å². The molecule has 94 valence electrons. The first-order valence-corrected chi connectivity index (χ1v) is 5.37. The molecule has 7 heteroatoms. The first-order valence-electron chi connectivity index (χ1n) is 5.37. The van der Waals surface area contributed by atoms with E-state index in [0.29, 0.717) is 11.3 Å². The predicted octanol–water partition coefficient (Wildman–Crippen LogP) is -1.36. The van der Waals surface area contributed by atoms with Gasteiger partial charge in [-0.1, -0.05) is 0 Å². The Labute approximate surface area is 103 Å². The lowest BCUT2D eigenvalue weighted by molar-refractivity contribution is -0.135. The van der Waals surface area contributed by atoms with E-state index >= 15 is 0 Å². The lowest BCUT2D eigenvalue weighted by Gasteiger charge is -2.25. The molecule has 0 aliphatic carbocycles. The molecule has 18 heavy (non-hydrogen) atoms. The van der Waals surface area contributed by atoms with E-state index in [2.05, 4.69) is 10.3 Å². The number of imide groups is 1. The largest absolute Gasteiger partial charge is 0.325 e. The Kier molecular flexibility index (Phi) is 3.33. The molecule has 2 rings (SSSR count). The summed E-state index contributed by atoms with van der Waals surface area (Å²) in [5.41, 5.74) is 6.38. The maximum Gasteiger partial charge on any atom is 0.254 e. The second-order valence-corrected chi connectivity index (χ2v) is 3.87. The van der Waals surface area contributed by atoms with Crippen molar-refractivity contribution >= 4 is 17.7 Å². The minimum atomic E-state index is -0.479. The highest BCUT2D eigenvalue weighted by molar-refractivity contribution is 6.05. The summed E-state index contributed by atoms with van der Waals surface area (Å²) in [6.07, 6.45) is 1.47. The maximum atomic E-state index is 12.1. The van der Waals surface area contributed by atoms with Gasteiger partial charge in [-0.05, 0) is 12.1 Å². The fourth-order valence-corrected chi connectivity index (χ4v) is 1.69. The summed E-state index contributed by atoms with van der Waals surface area (Å²) >= 11 is 0. The van der Waals surface area contributed by atoms with Crippen LogP contribution in [0.4, 0.5) is 0 Å². The van der Waals surface area contributed by atoms with E-state index in [1.165, 1.54) is 17.2 Å². The Bertz CT molecular complexity index is 499. The summed E-state index contributed by atoms with van der Waals surface area (Å²) in [5.74, 6) is -1.34. The van der Waals surface area contributed by atoms with Crippen molar-refractivity contribution in [1.82, 2.24) is 15.2 Å². The fourth-order valence-electron chi connectivity index (χ4n) is 1.69. The molecular formula is C11H12N4O3. The number of amides is 3. The highest BCUT2D eigenvalue weighted by atomic mass is 16.2. The summed E-state index contributed by atoms with van der Waals surface area (Å²) in [4.78, 5) is 39.6. The van der Waals surface area contributed by atoms with Crippen LogP contribution in [0.15, 0.2) is 18.3 Å². The van der Waals surface area contributed by atoms with Gasteiger partial charge >= 0.3 is 0 Å². The van der Waals surface area contributed by atoms with Crippen LogP contribution in [-0.4, -0.2) is 40.7 Å². The van der Waals surface area contributed by atoms with Gasteiger partial charge in [-0.3, -0.25) is 24.7 Å². The fraction of sp³-hybridized carbons (Fsp3) is 0.273. The molecule has 1 fully saturated rings. The van der Waals surface area contributed by atoms with E-state index in [4.69, 9.17) is 5.73 Å². The Morgan fingerprint density at radius 2 is 2.06 bits per heavy atom. The van der Waals surface area contributed by atoms with Gasteiger partial charge in [-0.15, -0.1) is 0 Å². The quantitative estimate of drug-likeness (QED) is 0.629. The van der Waals surface area contributed by atoms with Crippen molar-refractivity contribution in [2.45, 2.75) is 6.54 Å². The zero-order chi connectivity index (χ0) is 13.1. The molecule has 7 nitrogen and oxygen atoms in total. The molecule has 0 bridgehead atoms. The van der Waals surface area contributed by atoms with E-state index < -0.39 is 11.8 Å². The molecular weight excluding hydrogens is 236 g/mol. The van der Waals surface area contributed by atoms with Gasteiger partial charge in [0.25, 0.3) is 5.91 Å². The number of nitrogens with zero attached hydrogens (tertiary/aromatic N) is 2. The van der Waals surface area contributed by atoms with Crippen molar-refractivity contribution in [3.05, 3.63) is 29.6 Å². The standard InChI is InChI=1S/C11H12N4O3/c12-4-8-3-7(1-2-13-8)11(18)15-5-9(16)14-10(17)6-15/h1-3H,4-6,12H2,(H,14,16,17). The molecule has 2 heterocycles. The van der Waals surface area contributed by atoms with Crippen LogP contribution in [-0.2, 0) is 16.1 Å². The smallest absolute Gasteiger partial charge is 0.254 e. The number of nitrogens with one attached hydrogen (secondary N) is 1. The van der Waals surface area contributed by atoms with E-state index in [0.717, 1.165) is 0 Å². The monoisotopic (exact) mass is 248 g/mol. The van der Waals surface area contributed by atoms with Gasteiger partial charge in [0.1, 0.15) is 13.1 Å². The number of hydrogen-bond acceptors (Lipinski definition) is 5. The predicted molar refractivity (Wildman–Crippen MR) is 61.2 cm³/mol. The van der Waals surface area contributed by atoms with Crippen molar-refractivity contribution in [1.29, 1.82) is 0 Å². The Hall–Kier alpha value is -2.28. The first-order chi connectivity index (χ1) is 8.60. The van der Waals surface area contributed by atoms with E-state index in [1.807, 2.05) is 0 Å². The van der Waals surface area contributed by atoms with Gasteiger partial charge in [-0.2, -0.15) is 0 Å². The highest BCUT2D eigenvalue weighted by Crippen LogP contribution is 2.07. The van der Waals surface area contributed by atoms with E-state index in [9.17, 15) is 14.4 Å². The van der Waals surface area contributed by atoms with Crippen molar-refractivity contribution < 1.29 is 14.4 Å². The van der Waals surface area contributed by atoms with Gasteiger partial charge in [-0.25, -0.2) is 0 Å². The Balaban J connectivity index is 2.19. The van der Waals surface area contributed by atoms with Crippen molar-refractivity contribution in [3.8, 4) is 0 Å². The molecule has 0 radical (unpaired) electrons. The van der Waals surface area contributed by atoms with Crippen LogP contribution >= 0.6 is 0 Å². The molecule has 0 saturated carbocycles. The molecule has 3 N–H and O–H groups in total. The number of hydrogen-bond donors (Lipinski definition) is 2. The van der Waals surface area contributed by atoms with Crippen LogP contribution in [0.2, 0.25) is 0 Å². The van der Waals surface area contributed by atoms with Crippen molar-refractivity contribution in [3.63, 3.8) is 0 Å².